The molecule has 2 aliphatic carbocycles. The number of fused-ring (bicyclic) bond motifs is 8. The number of hydrogen-bond donors (Lipinski definition) is 0. The predicted octanol–water partition coefficient (Wildman–Crippen LogP) is 19.7. The van der Waals surface area contributed by atoms with E-state index in [0.29, 0.717) is 114 Å². The Morgan fingerprint density at radius 3 is 0.992 bits per heavy atom. The van der Waals surface area contributed by atoms with Crippen molar-refractivity contribution in [2.45, 2.75) is 161 Å². The van der Waals surface area contributed by atoms with Gasteiger partial charge in [-0.25, -0.2) is 44.4 Å². The first-order chi connectivity index (χ1) is 62.1. The number of hydrogen-bond acceptors (Lipinski definition) is 13. The molecule has 18 rings (SSSR count). The van der Waals surface area contributed by atoms with Gasteiger partial charge in [0.2, 0.25) is 0 Å². The Hall–Kier alpha value is -9.96. The van der Waals surface area contributed by atoms with Gasteiger partial charge in [-0.1, -0.05) is 87.3 Å². The molecule has 0 bridgehead atoms. The van der Waals surface area contributed by atoms with Crippen molar-refractivity contribution in [1.82, 2.24) is 69.8 Å². The summed E-state index contributed by atoms with van der Waals surface area (Å²) in [6.45, 7) is 0.805. The van der Waals surface area contributed by atoms with Crippen LogP contribution in [0.4, 0.5) is 39.5 Å². The maximum absolute atomic E-state index is 13.4. The van der Waals surface area contributed by atoms with Crippen LogP contribution in [-0.2, 0) is 95.0 Å². The van der Waals surface area contributed by atoms with E-state index in [1.54, 1.807) is 104 Å². The average molecular weight is 2030 g/mol. The molecular formula is C88H83Cl7F9N15O10S3. The zero-order valence-corrected chi connectivity index (χ0v) is 78.4. The molecule has 11 aromatic heterocycles. The number of sulfone groups is 3. The number of imidazole rings is 4. The van der Waals surface area contributed by atoms with Gasteiger partial charge in [0.1, 0.15) is 42.6 Å². The summed E-state index contributed by atoms with van der Waals surface area (Å²) in [4.78, 5) is 65.4. The second-order valence-corrected chi connectivity index (χ2v) is 42.9. The molecule has 0 unspecified atom stereocenters. The summed E-state index contributed by atoms with van der Waals surface area (Å²) >= 11 is 43.3. The van der Waals surface area contributed by atoms with Crippen LogP contribution in [-0.4, -0.2) is 150 Å². The molecule has 2 saturated carbocycles. The van der Waals surface area contributed by atoms with Crippen molar-refractivity contribution in [1.29, 1.82) is 0 Å². The van der Waals surface area contributed by atoms with Crippen LogP contribution in [0, 0.1) is 6.92 Å². The van der Waals surface area contributed by atoms with Crippen molar-refractivity contribution >= 4 is 198 Å². The molecule has 5 aromatic carbocycles. The van der Waals surface area contributed by atoms with Crippen molar-refractivity contribution < 1.29 is 64.8 Å². The summed E-state index contributed by atoms with van der Waals surface area (Å²) in [6.07, 6.45) is 3.21. The van der Waals surface area contributed by atoms with Crippen molar-refractivity contribution in [3.05, 3.63) is 258 Å². The standard InChI is InChI=1S/C23H25ClN4O3S.C22H20Cl2F3N3O3S.C22H22Cl2N4O3S.C21H16Cl2F6N4O/c1-15-12-25-13-21-22(15)28(18-5-6-18)23(29)27(21)14-19-11-16-10-17(24)4-7-20(16)26(19)8-3-9-32(2,30)31;1-34(32,33)9-3-8-28-16(11-14-10-15(23)6-7-18(14)28)12-29-19-5-2-4-17(24)20(19)30(21(29)31)13-22(25,26)27;1-32(30,31)8-2-7-26-17(10-14-9-15(23)3-6-19(14)26)13-27-20-12-25-11-18(24)21(20)28(22(27)29)16-4-5-16;22-13-2-3-16-12(6-13)7-14(31(16)5-1-4-20(24,25)26)10-32-17-9-30-8-15(23)18(17)33(19(32)34)11-21(27,28)29/h4,7,10-13,18H,3,5-6,8-9,14H2,1-2H3;2,4-7,10-11H,3,8-9,12-13H2,1H3;3,6,9-12,16H,2,4-5,7-8,13H2,1H3;2-3,6-9H,1,4-5,10-11H2. The topological polar surface area (TPSA) is 269 Å². The first-order valence-electron chi connectivity index (χ1n) is 41.4. The fourth-order valence-electron chi connectivity index (χ4n) is 17.0. The van der Waals surface area contributed by atoms with Gasteiger partial charge in [-0.15, -0.1) is 0 Å². The molecule has 25 nitrogen and oxygen atoms in total. The molecule has 700 valence electrons. The van der Waals surface area contributed by atoms with Gasteiger partial charge in [0.15, 0.2) is 0 Å². The average Bonchev–Trinajstić information content (AvgIpc) is 1.59. The van der Waals surface area contributed by atoms with Gasteiger partial charge < -0.3 is 18.3 Å². The highest BCUT2D eigenvalue weighted by molar-refractivity contribution is 7.91. The molecule has 0 radical (unpaired) electrons. The molecule has 132 heavy (non-hydrogen) atoms. The van der Waals surface area contributed by atoms with Crippen LogP contribution < -0.4 is 22.8 Å². The molecule has 44 heteroatoms. The summed E-state index contributed by atoms with van der Waals surface area (Å²) in [6, 6.07) is 33.8. The fourth-order valence-corrected chi connectivity index (χ4v) is 20.5. The fraction of sp³-hybridized carbons (Fsp3) is 0.352. The molecule has 0 saturated heterocycles. The van der Waals surface area contributed by atoms with E-state index in [9.17, 15) is 83.9 Å². The van der Waals surface area contributed by atoms with Gasteiger partial charge in [0.25, 0.3) is 0 Å². The summed E-state index contributed by atoms with van der Waals surface area (Å²) < 4.78 is 205. The van der Waals surface area contributed by atoms with Crippen LogP contribution in [0.25, 0.3) is 87.7 Å². The third-order valence-electron chi connectivity index (χ3n) is 22.8. The van der Waals surface area contributed by atoms with Gasteiger partial charge in [-0.05, 0) is 173 Å². The number of para-hydroxylation sites is 1. The minimum Gasteiger partial charge on any atom is -0.343 e. The van der Waals surface area contributed by atoms with Gasteiger partial charge in [0.05, 0.1) is 121 Å². The normalized spacial score (nSPS) is 13.7. The van der Waals surface area contributed by atoms with Crippen molar-refractivity contribution in [2.24, 2.45) is 0 Å². The number of aromatic nitrogens is 15. The van der Waals surface area contributed by atoms with E-state index in [1.165, 1.54) is 29.3 Å². The van der Waals surface area contributed by atoms with Crippen molar-refractivity contribution in [3.63, 3.8) is 0 Å². The maximum Gasteiger partial charge on any atom is 0.406 e. The SMILES string of the molecule is CS(=O)(=O)CCCn1c(Cn2c(=O)n(C3CC3)c3c(Cl)cncc32)cc2cc(Cl)ccc21.CS(=O)(=O)CCCn1c(Cn2c(=O)n(CC(F)(F)F)c3c(Cl)cccc32)cc2cc(Cl)ccc21.Cc1cncc2c1n(C1CC1)c(=O)n2Cc1cc2cc(Cl)ccc2n1CCCS(C)(=O)=O.O=c1n(Cc2cc3cc(Cl)ccc3n2CCCC(F)(F)F)c2cncc(Cl)c2n1CC(F)(F)F. The maximum atomic E-state index is 13.4. The van der Waals surface area contributed by atoms with E-state index in [1.807, 2.05) is 64.6 Å². The molecule has 0 spiro atoms. The molecule has 0 amide bonds. The van der Waals surface area contributed by atoms with Crippen LogP contribution in [0.3, 0.4) is 0 Å². The van der Waals surface area contributed by atoms with Crippen LogP contribution in [0.5, 0.6) is 0 Å². The molecule has 0 atom stereocenters. The summed E-state index contributed by atoms with van der Waals surface area (Å²) in [5.41, 5.74) is 8.66. The van der Waals surface area contributed by atoms with Crippen LogP contribution >= 0.6 is 81.2 Å². The molecular weight excluding hydrogens is 1940 g/mol. The number of aryl methyl sites for hydroxylation is 5. The Bertz CT molecular complexity index is 7600. The molecule has 0 N–H and O–H groups in total. The highest BCUT2D eigenvalue weighted by Gasteiger charge is 2.36. The van der Waals surface area contributed by atoms with Crippen molar-refractivity contribution in [3.8, 4) is 0 Å². The van der Waals surface area contributed by atoms with E-state index in [4.69, 9.17) is 81.2 Å². The van der Waals surface area contributed by atoms with E-state index >= 15 is 0 Å². The van der Waals surface area contributed by atoms with Crippen LogP contribution in [0.15, 0.2) is 172 Å². The summed E-state index contributed by atoms with van der Waals surface area (Å²) in [5, 5.41) is 5.85. The van der Waals surface area contributed by atoms with Gasteiger partial charge in [-0.3, -0.25) is 51.5 Å². The van der Waals surface area contributed by atoms with E-state index in [-0.39, 0.29) is 98.9 Å². The lowest BCUT2D eigenvalue weighted by molar-refractivity contribution is -0.141. The van der Waals surface area contributed by atoms with Gasteiger partial charge in [0, 0.05) is 169 Å². The second kappa shape index (κ2) is 38.1. The zero-order valence-electron chi connectivity index (χ0n) is 70.7. The first-order valence-corrected chi connectivity index (χ1v) is 50.2. The molecule has 16 aromatic rings. The summed E-state index contributed by atoms with van der Waals surface area (Å²) in [5.74, 6) is 0.185. The Labute approximate surface area is 781 Å². The number of benzene rings is 5. The third kappa shape index (κ3) is 22.0. The zero-order chi connectivity index (χ0) is 94.9. The number of nitrogens with zero attached hydrogens (tertiary/aromatic N) is 15. The van der Waals surface area contributed by atoms with Gasteiger partial charge >= 0.3 is 41.3 Å². The Morgan fingerprint density at radius 1 is 0.333 bits per heavy atom. The lowest BCUT2D eigenvalue weighted by Gasteiger charge is -2.13. The monoisotopic (exact) mass is 2020 g/mol. The lowest BCUT2D eigenvalue weighted by Crippen LogP contribution is -2.30. The largest absolute Gasteiger partial charge is 0.406 e. The smallest absolute Gasteiger partial charge is 0.343 e. The Morgan fingerprint density at radius 2 is 0.644 bits per heavy atom. The molecule has 0 aliphatic heterocycles. The number of alkyl halides is 9. The number of halogens is 16. The quantitative estimate of drug-likeness (QED) is 0.0434. The minimum absolute atomic E-state index is 0.00859. The Kier molecular flexibility index (Phi) is 27.9. The highest BCUT2D eigenvalue weighted by atomic mass is 35.5. The molecule has 2 aliphatic rings. The van der Waals surface area contributed by atoms with E-state index in [2.05, 4.69) is 24.1 Å². The number of rotatable bonds is 27. The van der Waals surface area contributed by atoms with Gasteiger partial charge in [-0.2, -0.15) is 39.5 Å². The number of pyridine rings is 3. The Balaban J connectivity index is 0.000000135. The third-order valence-corrected chi connectivity index (χ3v) is 27.7. The lowest BCUT2D eigenvalue weighted by atomic mass is 10.2. The van der Waals surface area contributed by atoms with Crippen LogP contribution in [0.2, 0.25) is 35.2 Å². The van der Waals surface area contributed by atoms with Crippen molar-refractivity contribution in [2.75, 3.05) is 36.0 Å². The van der Waals surface area contributed by atoms with E-state index in [0.717, 1.165) is 109 Å². The first kappa shape index (κ1) is 96.6. The minimum atomic E-state index is -4.68. The van der Waals surface area contributed by atoms with E-state index < -0.39 is 78.9 Å². The van der Waals surface area contributed by atoms with Crippen LogP contribution in [0.1, 0.15) is 98.2 Å². The highest BCUT2D eigenvalue weighted by Crippen LogP contribution is 2.41. The summed E-state index contributed by atoms with van der Waals surface area (Å²) in [7, 11) is -9.29. The predicted molar refractivity (Wildman–Crippen MR) is 499 cm³/mol. The molecule has 2 fully saturated rings. The second-order valence-electron chi connectivity index (χ2n) is 33.1. The molecule has 11 heterocycles.